The van der Waals surface area contributed by atoms with Gasteiger partial charge in [0.1, 0.15) is 0 Å². The highest BCUT2D eigenvalue weighted by atomic mass is 79.9. The first-order valence-corrected chi connectivity index (χ1v) is 8.54. The van der Waals surface area contributed by atoms with E-state index in [1.807, 2.05) is 0 Å². The summed E-state index contributed by atoms with van der Waals surface area (Å²) in [5.74, 6) is 0. The first-order chi connectivity index (χ1) is 6.71. The Labute approximate surface area is 124 Å². The van der Waals surface area contributed by atoms with E-state index in [0.717, 1.165) is 12.8 Å². The number of hydrogen-bond donors (Lipinski definition) is 1. The van der Waals surface area contributed by atoms with Crippen molar-refractivity contribution in [1.82, 2.24) is 0 Å². The van der Waals surface area contributed by atoms with E-state index in [1.165, 1.54) is 0 Å². The third-order valence-corrected chi connectivity index (χ3v) is 9.69. The summed E-state index contributed by atoms with van der Waals surface area (Å²) in [6, 6.07) is 0. The number of fused-ring (bicyclic) bond motifs is 2. The van der Waals surface area contributed by atoms with E-state index < -0.39 is 0 Å². The van der Waals surface area contributed by atoms with E-state index in [2.05, 4.69) is 77.6 Å². The zero-order valence-electron chi connectivity index (χ0n) is 8.61. The third kappa shape index (κ3) is 1.33. The van der Waals surface area contributed by atoms with Crippen LogP contribution in [0.3, 0.4) is 0 Å². The molecule has 88 valence electrons. The van der Waals surface area contributed by atoms with Crippen LogP contribution >= 0.6 is 63.7 Å². The van der Waals surface area contributed by atoms with Gasteiger partial charge in [-0.25, -0.2) is 0 Å². The lowest BCUT2D eigenvalue weighted by Crippen LogP contribution is -2.48. The first-order valence-electron chi connectivity index (χ1n) is 5.00. The molecule has 0 amide bonds. The topological polar surface area (TPSA) is 20.2 Å². The van der Waals surface area contributed by atoms with Gasteiger partial charge < -0.3 is 5.11 Å². The van der Waals surface area contributed by atoms with Crippen LogP contribution in [0.2, 0.25) is 0 Å². The molecule has 5 heteroatoms. The van der Waals surface area contributed by atoms with E-state index in [1.54, 1.807) is 0 Å². The molecule has 2 aliphatic rings. The summed E-state index contributed by atoms with van der Waals surface area (Å²) in [6.45, 7) is 4.31. The van der Waals surface area contributed by atoms with Crippen LogP contribution in [0.1, 0.15) is 26.7 Å². The molecule has 0 saturated heterocycles. The summed E-state index contributed by atoms with van der Waals surface area (Å²) >= 11 is 14.9. The maximum Gasteiger partial charge on any atom is 0.0771 e. The molecule has 2 bridgehead atoms. The molecule has 1 N–H and O–H groups in total. The number of aliphatic hydroxyl groups is 1. The van der Waals surface area contributed by atoms with Gasteiger partial charge in [0.25, 0.3) is 0 Å². The third-order valence-electron chi connectivity index (χ3n) is 4.52. The molecule has 2 fully saturated rings. The smallest absolute Gasteiger partial charge is 0.0771 e. The maximum atomic E-state index is 10.5. The Morgan fingerprint density at radius 1 is 1.27 bits per heavy atom. The van der Waals surface area contributed by atoms with Gasteiger partial charge in [0.05, 0.1) is 14.2 Å². The Kier molecular flexibility index (Phi) is 3.27. The lowest BCUT2D eigenvalue weighted by molar-refractivity contribution is -0.0213. The van der Waals surface area contributed by atoms with E-state index in [0.29, 0.717) is 0 Å². The van der Waals surface area contributed by atoms with Crippen molar-refractivity contribution in [1.29, 1.82) is 0 Å². The Bertz CT molecular complexity index is 293. The van der Waals surface area contributed by atoms with Crippen LogP contribution in [-0.4, -0.2) is 24.1 Å². The summed E-state index contributed by atoms with van der Waals surface area (Å²) in [5, 5.41) is 10.5. The molecule has 0 aromatic heterocycles. The Balaban J connectivity index is 2.56. The quantitative estimate of drug-likeness (QED) is 0.571. The van der Waals surface area contributed by atoms with Crippen molar-refractivity contribution in [2.45, 2.75) is 45.7 Å². The summed E-state index contributed by atoms with van der Waals surface area (Å²) in [4.78, 5) is 0.284. The molecule has 2 rings (SSSR count). The van der Waals surface area contributed by atoms with Crippen LogP contribution in [0.4, 0.5) is 0 Å². The van der Waals surface area contributed by atoms with E-state index in [-0.39, 0.29) is 29.8 Å². The molecule has 0 unspecified atom stereocenters. The number of rotatable bonds is 1. The fraction of sp³-hybridized carbons (Fsp3) is 1.00. The minimum absolute atomic E-state index is 0.0515. The molecule has 4 atom stereocenters. The average molecular weight is 470 g/mol. The minimum Gasteiger partial charge on any atom is -0.391 e. The summed E-state index contributed by atoms with van der Waals surface area (Å²) in [5.41, 5.74) is -0.0590. The van der Waals surface area contributed by atoms with Crippen molar-refractivity contribution in [3.8, 4) is 0 Å². The second-order valence-corrected chi connectivity index (χ2v) is 10.7. The van der Waals surface area contributed by atoms with Gasteiger partial charge in [0.15, 0.2) is 0 Å². The van der Waals surface area contributed by atoms with Crippen molar-refractivity contribution >= 4 is 63.7 Å². The summed E-state index contributed by atoms with van der Waals surface area (Å²) in [6.07, 6.45) is 1.81. The van der Waals surface area contributed by atoms with Crippen molar-refractivity contribution in [3.05, 3.63) is 0 Å². The molecule has 0 spiro atoms. The van der Waals surface area contributed by atoms with Gasteiger partial charge in [-0.1, -0.05) is 77.6 Å². The van der Waals surface area contributed by atoms with Crippen LogP contribution < -0.4 is 0 Å². The largest absolute Gasteiger partial charge is 0.391 e. The molecule has 0 aliphatic heterocycles. The van der Waals surface area contributed by atoms with Crippen molar-refractivity contribution < 1.29 is 5.11 Å². The van der Waals surface area contributed by atoms with Gasteiger partial charge in [-0.15, -0.1) is 0 Å². The highest BCUT2D eigenvalue weighted by Crippen LogP contribution is 2.73. The Hall–Kier alpha value is 1.88. The van der Waals surface area contributed by atoms with Crippen molar-refractivity contribution in [2.24, 2.45) is 10.8 Å². The first kappa shape index (κ1) is 13.3. The normalized spacial score (nSPS) is 52.8. The molecule has 0 aromatic rings. The molecule has 2 aliphatic carbocycles. The van der Waals surface area contributed by atoms with Gasteiger partial charge in [-0.3, -0.25) is 0 Å². The maximum absolute atomic E-state index is 10.5. The van der Waals surface area contributed by atoms with Gasteiger partial charge in [0.2, 0.25) is 0 Å². The van der Waals surface area contributed by atoms with Gasteiger partial charge in [0, 0.05) is 15.7 Å². The molecule has 0 radical (unpaired) electrons. The summed E-state index contributed by atoms with van der Waals surface area (Å²) in [7, 11) is 0. The van der Waals surface area contributed by atoms with Crippen LogP contribution in [0.25, 0.3) is 0 Å². The zero-order valence-corrected chi connectivity index (χ0v) is 14.9. The van der Waals surface area contributed by atoms with Crippen LogP contribution in [-0.2, 0) is 0 Å². The standard InChI is InChI=1S/C10H14Br4O/c1-8(2)6(15)10(14)4-3-9(8,5(10)11)7(12)13/h5-7,15H,3-4H2,1-2H3/t5-,6+,9+,10-/m1/s1. The summed E-state index contributed by atoms with van der Waals surface area (Å²) < 4.78 is 0.0458. The molecule has 2 saturated carbocycles. The molecule has 1 nitrogen and oxygen atoms in total. The molecular formula is C10H14Br4O. The lowest BCUT2D eigenvalue weighted by Gasteiger charge is -2.46. The Morgan fingerprint density at radius 3 is 2.07 bits per heavy atom. The number of alkyl halides is 4. The molecule has 15 heavy (non-hydrogen) atoms. The Morgan fingerprint density at radius 2 is 1.80 bits per heavy atom. The van der Waals surface area contributed by atoms with Crippen LogP contribution in [0.15, 0.2) is 0 Å². The second kappa shape index (κ2) is 3.69. The van der Waals surface area contributed by atoms with Crippen molar-refractivity contribution in [2.75, 3.05) is 0 Å². The van der Waals surface area contributed by atoms with Gasteiger partial charge in [-0.05, 0) is 12.8 Å². The zero-order chi connectivity index (χ0) is 11.6. The van der Waals surface area contributed by atoms with Gasteiger partial charge >= 0.3 is 0 Å². The van der Waals surface area contributed by atoms with Gasteiger partial charge in [-0.2, -0.15) is 0 Å². The number of halogens is 4. The van der Waals surface area contributed by atoms with Crippen molar-refractivity contribution in [3.63, 3.8) is 0 Å². The monoisotopic (exact) mass is 466 g/mol. The molecular weight excluding hydrogens is 456 g/mol. The fourth-order valence-electron chi connectivity index (χ4n) is 3.36. The molecule has 0 heterocycles. The highest BCUT2D eigenvalue weighted by molar-refractivity contribution is 9.24. The second-order valence-electron chi connectivity index (χ2n) is 5.25. The average Bonchev–Trinajstić information content (AvgIpc) is 2.45. The number of hydrogen-bond acceptors (Lipinski definition) is 1. The highest BCUT2D eigenvalue weighted by Gasteiger charge is 2.75. The molecule has 0 aromatic carbocycles. The van der Waals surface area contributed by atoms with E-state index in [4.69, 9.17) is 0 Å². The minimum atomic E-state index is -0.319. The van der Waals surface area contributed by atoms with E-state index >= 15 is 0 Å². The SMILES string of the molecule is CC1(C)[C@H](O)[C@@]2(Br)CC[C@@]1(C(Br)Br)[C@H]2Br. The van der Waals surface area contributed by atoms with Crippen LogP contribution in [0.5, 0.6) is 0 Å². The fourth-order valence-corrected chi connectivity index (χ4v) is 8.98. The lowest BCUT2D eigenvalue weighted by atomic mass is 9.65. The number of aliphatic hydroxyl groups excluding tert-OH is 1. The van der Waals surface area contributed by atoms with E-state index in [9.17, 15) is 5.11 Å². The predicted molar refractivity (Wildman–Crippen MR) is 77.5 cm³/mol. The van der Waals surface area contributed by atoms with Crippen LogP contribution in [0, 0.1) is 10.8 Å². The predicted octanol–water partition coefficient (Wildman–Crippen LogP) is 4.18.